The number of H-pyrrole nitrogens is 1. The van der Waals surface area contributed by atoms with Gasteiger partial charge in [-0.2, -0.15) is 5.10 Å². The van der Waals surface area contributed by atoms with Crippen molar-refractivity contribution in [1.29, 1.82) is 0 Å². The van der Waals surface area contributed by atoms with Crippen molar-refractivity contribution in [2.75, 3.05) is 0 Å². The molecule has 2 aromatic carbocycles. The van der Waals surface area contributed by atoms with Crippen LogP contribution in [0.5, 0.6) is 0 Å². The van der Waals surface area contributed by atoms with Crippen LogP contribution < -0.4 is 16.4 Å². The quantitative estimate of drug-likeness (QED) is 0.502. The molecule has 0 aliphatic heterocycles. The van der Waals surface area contributed by atoms with E-state index in [1.54, 1.807) is 24.3 Å². The van der Waals surface area contributed by atoms with Crippen molar-refractivity contribution in [1.82, 2.24) is 24.9 Å². The van der Waals surface area contributed by atoms with Gasteiger partial charge in [0.2, 0.25) is 5.91 Å². The number of hydrogen-bond donors (Lipinski definition) is 2. The Morgan fingerprint density at radius 2 is 1.68 bits per heavy atom. The minimum absolute atomic E-state index is 0.0686. The van der Waals surface area contributed by atoms with Gasteiger partial charge in [0.25, 0.3) is 11.1 Å². The Balaban J connectivity index is 1.44. The van der Waals surface area contributed by atoms with E-state index in [0.29, 0.717) is 17.3 Å². The van der Waals surface area contributed by atoms with Gasteiger partial charge in [-0.15, -0.1) is 0 Å². The van der Waals surface area contributed by atoms with Crippen LogP contribution in [0.2, 0.25) is 0 Å². The van der Waals surface area contributed by atoms with Gasteiger partial charge in [-0.3, -0.25) is 19.5 Å². The molecule has 8 nitrogen and oxygen atoms in total. The number of aryl methyl sites for hydroxylation is 2. The van der Waals surface area contributed by atoms with E-state index >= 15 is 0 Å². The van der Waals surface area contributed by atoms with Crippen LogP contribution in [-0.4, -0.2) is 25.5 Å². The molecule has 1 amide bonds. The summed E-state index contributed by atoms with van der Waals surface area (Å²) < 4.78 is 3.05. The standard InChI is InChI=1S/C23H23N5O3/c1-15-20(16(2)28(25-15)17-8-4-3-5-9-17)14-24-21(29)12-13-27-23(31)19-11-7-6-10-18(19)22(30)26-27/h3-11H,12-14H2,1-2H3,(H,24,29)(H,26,30). The summed E-state index contributed by atoms with van der Waals surface area (Å²) in [6, 6.07) is 16.4. The van der Waals surface area contributed by atoms with Crippen molar-refractivity contribution >= 4 is 16.7 Å². The first-order chi connectivity index (χ1) is 15.0. The Morgan fingerprint density at radius 1 is 1.00 bits per heavy atom. The molecule has 0 saturated carbocycles. The molecular weight excluding hydrogens is 394 g/mol. The predicted molar refractivity (Wildman–Crippen MR) is 118 cm³/mol. The summed E-state index contributed by atoms with van der Waals surface area (Å²) in [5.41, 5.74) is 3.04. The van der Waals surface area contributed by atoms with Gasteiger partial charge in [-0.1, -0.05) is 30.3 Å². The molecule has 0 radical (unpaired) electrons. The molecule has 0 aliphatic rings. The fraction of sp³-hybridized carbons (Fsp3) is 0.217. The maximum atomic E-state index is 12.5. The van der Waals surface area contributed by atoms with Crippen LogP contribution in [0.4, 0.5) is 0 Å². The molecule has 0 fully saturated rings. The van der Waals surface area contributed by atoms with Crippen molar-refractivity contribution < 1.29 is 4.79 Å². The average molecular weight is 417 g/mol. The van der Waals surface area contributed by atoms with Crippen LogP contribution >= 0.6 is 0 Å². The zero-order chi connectivity index (χ0) is 22.0. The number of para-hydroxylation sites is 1. The summed E-state index contributed by atoms with van der Waals surface area (Å²) in [7, 11) is 0. The Bertz CT molecular complexity index is 1370. The van der Waals surface area contributed by atoms with Crippen molar-refractivity contribution in [3.05, 3.63) is 92.3 Å². The SMILES string of the molecule is Cc1nn(-c2ccccc2)c(C)c1CNC(=O)CCn1[nH]c(=O)c2ccccc2c1=O. The van der Waals surface area contributed by atoms with Gasteiger partial charge < -0.3 is 5.32 Å². The molecule has 2 heterocycles. The molecule has 0 atom stereocenters. The highest BCUT2D eigenvalue weighted by atomic mass is 16.2. The molecule has 31 heavy (non-hydrogen) atoms. The summed E-state index contributed by atoms with van der Waals surface area (Å²) >= 11 is 0. The maximum Gasteiger partial charge on any atom is 0.273 e. The van der Waals surface area contributed by atoms with E-state index in [2.05, 4.69) is 15.5 Å². The van der Waals surface area contributed by atoms with Crippen LogP contribution in [0.3, 0.4) is 0 Å². The second-order valence-corrected chi connectivity index (χ2v) is 7.37. The third-order valence-corrected chi connectivity index (χ3v) is 5.35. The zero-order valence-electron chi connectivity index (χ0n) is 17.4. The number of hydrogen-bond acceptors (Lipinski definition) is 4. The molecule has 0 aliphatic carbocycles. The van der Waals surface area contributed by atoms with Gasteiger partial charge in [0.15, 0.2) is 0 Å². The monoisotopic (exact) mass is 417 g/mol. The van der Waals surface area contributed by atoms with Crippen LogP contribution in [0.25, 0.3) is 16.5 Å². The Morgan fingerprint density at radius 3 is 2.42 bits per heavy atom. The first-order valence-corrected chi connectivity index (χ1v) is 10.0. The molecule has 4 aromatic rings. The number of carbonyl (C=O) groups is 1. The van der Waals surface area contributed by atoms with Crippen molar-refractivity contribution in [3.63, 3.8) is 0 Å². The molecule has 4 rings (SSSR count). The third kappa shape index (κ3) is 4.05. The predicted octanol–water partition coefficient (Wildman–Crippen LogP) is 2.20. The van der Waals surface area contributed by atoms with E-state index in [0.717, 1.165) is 22.6 Å². The highest BCUT2D eigenvalue weighted by Crippen LogP contribution is 2.17. The second-order valence-electron chi connectivity index (χ2n) is 7.37. The van der Waals surface area contributed by atoms with E-state index in [9.17, 15) is 14.4 Å². The zero-order valence-corrected chi connectivity index (χ0v) is 17.4. The molecule has 2 aromatic heterocycles. The number of nitrogens with zero attached hydrogens (tertiary/aromatic N) is 3. The lowest BCUT2D eigenvalue weighted by molar-refractivity contribution is -0.121. The summed E-state index contributed by atoms with van der Waals surface area (Å²) in [6.45, 7) is 4.31. The van der Waals surface area contributed by atoms with Crippen LogP contribution in [0, 0.1) is 13.8 Å². The normalized spacial score (nSPS) is 11.0. The van der Waals surface area contributed by atoms with Crippen molar-refractivity contribution in [3.8, 4) is 5.69 Å². The molecular formula is C23H23N5O3. The first-order valence-electron chi connectivity index (χ1n) is 10.0. The van der Waals surface area contributed by atoms with Gasteiger partial charge in [-0.05, 0) is 38.1 Å². The fourth-order valence-corrected chi connectivity index (χ4v) is 3.64. The van der Waals surface area contributed by atoms with Crippen molar-refractivity contribution in [2.45, 2.75) is 33.4 Å². The van der Waals surface area contributed by atoms with Gasteiger partial charge >= 0.3 is 0 Å². The molecule has 0 bridgehead atoms. The summed E-state index contributed by atoms with van der Waals surface area (Å²) in [5.74, 6) is -0.216. The largest absolute Gasteiger partial charge is 0.352 e. The number of aromatic amines is 1. The molecule has 158 valence electrons. The van der Waals surface area contributed by atoms with E-state index in [4.69, 9.17) is 0 Å². The fourth-order valence-electron chi connectivity index (χ4n) is 3.64. The molecule has 0 saturated heterocycles. The van der Waals surface area contributed by atoms with Crippen molar-refractivity contribution in [2.24, 2.45) is 0 Å². The lowest BCUT2D eigenvalue weighted by Crippen LogP contribution is -2.32. The van der Waals surface area contributed by atoms with Crippen LogP contribution in [0.1, 0.15) is 23.4 Å². The number of rotatable bonds is 6. The number of aromatic nitrogens is 4. The van der Waals surface area contributed by atoms with E-state index in [-0.39, 0.29) is 30.0 Å². The minimum Gasteiger partial charge on any atom is -0.352 e. The van der Waals surface area contributed by atoms with E-state index in [1.165, 1.54) is 4.68 Å². The number of amides is 1. The highest BCUT2D eigenvalue weighted by Gasteiger charge is 2.14. The van der Waals surface area contributed by atoms with Gasteiger partial charge in [0, 0.05) is 24.2 Å². The number of carbonyl (C=O) groups excluding carboxylic acids is 1. The maximum absolute atomic E-state index is 12.5. The summed E-state index contributed by atoms with van der Waals surface area (Å²) in [4.78, 5) is 37.1. The summed E-state index contributed by atoms with van der Waals surface area (Å²) in [6.07, 6.45) is 0.0686. The van der Waals surface area contributed by atoms with Crippen LogP contribution in [0.15, 0.2) is 64.2 Å². The Hall–Kier alpha value is -3.94. The second kappa shape index (κ2) is 8.43. The van der Waals surface area contributed by atoms with E-state index in [1.807, 2.05) is 48.9 Å². The molecule has 0 spiro atoms. The van der Waals surface area contributed by atoms with Gasteiger partial charge in [-0.25, -0.2) is 9.36 Å². The lowest BCUT2D eigenvalue weighted by Gasteiger charge is -2.09. The summed E-state index contributed by atoms with van der Waals surface area (Å²) in [5, 5.41) is 10.7. The smallest absolute Gasteiger partial charge is 0.273 e. The number of benzene rings is 2. The van der Waals surface area contributed by atoms with E-state index < -0.39 is 0 Å². The molecule has 2 N–H and O–H groups in total. The molecule has 0 unspecified atom stereocenters. The first kappa shape index (κ1) is 20.3. The minimum atomic E-state index is -0.352. The number of nitrogens with one attached hydrogen (secondary N) is 2. The van der Waals surface area contributed by atoms with Gasteiger partial charge in [0.1, 0.15) is 0 Å². The number of fused-ring (bicyclic) bond motifs is 1. The topological polar surface area (TPSA) is 102 Å². The van der Waals surface area contributed by atoms with Gasteiger partial charge in [0.05, 0.1) is 28.7 Å². The lowest BCUT2D eigenvalue weighted by atomic mass is 10.2. The Labute approximate surface area is 178 Å². The Kier molecular flexibility index (Phi) is 5.53. The van der Waals surface area contributed by atoms with Crippen LogP contribution in [-0.2, 0) is 17.9 Å². The molecule has 8 heteroatoms. The third-order valence-electron chi connectivity index (χ3n) is 5.35. The highest BCUT2D eigenvalue weighted by molar-refractivity contribution is 5.80. The average Bonchev–Trinajstić information content (AvgIpc) is 3.07.